The van der Waals surface area contributed by atoms with Crippen molar-refractivity contribution in [2.45, 2.75) is 12.8 Å². The number of benzene rings is 1. The minimum absolute atomic E-state index is 0.123. The highest BCUT2D eigenvalue weighted by molar-refractivity contribution is 6.35. The van der Waals surface area contributed by atoms with Crippen molar-refractivity contribution in [1.29, 1.82) is 0 Å². The zero-order valence-corrected chi connectivity index (χ0v) is 9.72. The van der Waals surface area contributed by atoms with Gasteiger partial charge in [-0.15, -0.1) is 0 Å². The second-order valence-electron chi connectivity index (χ2n) is 3.63. The van der Waals surface area contributed by atoms with Crippen LogP contribution in [0.25, 0.3) is 0 Å². The number of carbonyl (C=O) groups excluding carboxylic acids is 2. The predicted octanol–water partition coefficient (Wildman–Crippen LogP) is 2.63. The number of cyclic esters (lactones) is 2. The summed E-state index contributed by atoms with van der Waals surface area (Å²) < 4.78 is 4.46. The number of carbonyl (C=O) groups is 2. The minimum atomic E-state index is -0.476. The van der Waals surface area contributed by atoms with Crippen molar-refractivity contribution < 1.29 is 14.3 Å². The number of halogens is 2. The smallest absolute Gasteiger partial charge is 0.317 e. The standard InChI is InChI=1S/C11H8Cl2O3/c12-8-2-1-6(9(13)5-8)3-7-4-10(14)16-11(7)15/h1-2,5,7H,3-4H2. The van der Waals surface area contributed by atoms with E-state index in [2.05, 4.69) is 4.74 Å². The molecule has 16 heavy (non-hydrogen) atoms. The number of rotatable bonds is 2. The summed E-state index contributed by atoms with van der Waals surface area (Å²) in [5.74, 6) is -1.37. The van der Waals surface area contributed by atoms with E-state index in [1.54, 1.807) is 18.2 Å². The first-order valence-electron chi connectivity index (χ1n) is 4.74. The van der Waals surface area contributed by atoms with Crippen LogP contribution in [0.15, 0.2) is 18.2 Å². The van der Waals surface area contributed by atoms with Crippen molar-refractivity contribution in [3.63, 3.8) is 0 Å². The van der Waals surface area contributed by atoms with Gasteiger partial charge in [0, 0.05) is 10.0 Å². The summed E-state index contributed by atoms with van der Waals surface area (Å²) in [5, 5.41) is 1.04. The molecule has 1 saturated heterocycles. The molecule has 0 amide bonds. The van der Waals surface area contributed by atoms with Crippen molar-refractivity contribution in [1.82, 2.24) is 0 Å². The van der Waals surface area contributed by atoms with E-state index in [0.29, 0.717) is 16.5 Å². The third kappa shape index (κ3) is 2.36. The molecule has 3 nitrogen and oxygen atoms in total. The summed E-state index contributed by atoms with van der Waals surface area (Å²) in [5.41, 5.74) is 0.794. The number of hydrogen-bond donors (Lipinski definition) is 0. The van der Waals surface area contributed by atoms with Crippen LogP contribution in [0.4, 0.5) is 0 Å². The largest absolute Gasteiger partial charge is 0.393 e. The molecule has 5 heteroatoms. The Kier molecular flexibility index (Phi) is 3.17. The Morgan fingerprint density at radius 3 is 2.62 bits per heavy atom. The lowest BCUT2D eigenvalue weighted by atomic mass is 9.98. The molecular weight excluding hydrogens is 251 g/mol. The zero-order chi connectivity index (χ0) is 11.7. The molecule has 1 aromatic carbocycles. The lowest BCUT2D eigenvalue weighted by Crippen LogP contribution is -2.10. The molecule has 1 aliphatic heterocycles. The molecule has 0 aliphatic carbocycles. The fraction of sp³-hybridized carbons (Fsp3) is 0.273. The molecule has 0 bridgehead atoms. The van der Waals surface area contributed by atoms with Gasteiger partial charge in [0.25, 0.3) is 0 Å². The van der Waals surface area contributed by atoms with Gasteiger partial charge in [-0.3, -0.25) is 9.59 Å². The second-order valence-corrected chi connectivity index (χ2v) is 4.48. The Hall–Kier alpha value is -1.06. The van der Waals surface area contributed by atoms with Gasteiger partial charge in [-0.2, -0.15) is 0 Å². The fourth-order valence-electron chi connectivity index (χ4n) is 1.63. The van der Waals surface area contributed by atoms with Gasteiger partial charge in [-0.05, 0) is 24.1 Å². The summed E-state index contributed by atoms with van der Waals surface area (Å²) in [6.07, 6.45) is 0.526. The van der Waals surface area contributed by atoms with E-state index >= 15 is 0 Å². The van der Waals surface area contributed by atoms with E-state index in [-0.39, 0.29) is 6.42 Å². The molecule has 1 aromatic rings. The van der Waals surface area contributed by atoms with Crippen molar-refractivity contribution >= 4 is 35.1 Å². The third-order valence-electron chi connectivity index (χ3n) is 2.44. The van der Waals surface area contributed by atoms with Crippen LogP contribution < -0.4 is 0 Å². The average molecular weight is 259 g/mol. The van der Waals surface area contributed by atoms with Gasteiger partial charge in [0.05, 0.1) is 12.3 Å². The summed E-state index contributed by atoms with van der Waals surface area (Å²) in [6, 6.07) is 5.06. The second kappa shape index (κ2) is 4.44. The van der Waals surface area contributed by atoms with Crippen LogP contribution in [-0.2, 0) is 20.7 Å². The Morgan fingerprint density at radius 1 is 1.31 bits per heavy atom. The first kappa shape index (κ1) is 11.4. The van der Waals surface area contributed by atoms with Gasteiger partial charge in [-0.1, -0.05) is 29.3 Å². The Balaban J connectivity index is 2.15. The highest BCUT2D eigenvalue weighted by atomic mass is 35.5. The fourth-order valence-corrected chi connectivity index (χ4v) is 2.12. The van der Waals surface area contributed by atoms with Gasteiger partial charge >= 0.3 is 11.9 Å². The van der Waals surface area contributed by atoms with Crippen LogP contribution in [0.3, 0.4) is 0 Å². The first-order chi connectivity index (χ1) is 7.56. The minimum Gasteiger partial charge on any atom is -0.393 e. The number of hydrogen-bond acceptors (Lipinski definition) is 3. The van der Waals surface area contributed by atoms with E-state index in [0.717, 1.165) is 5.56 Å². The van der Waals surface area contributed by atoms with Crippen molar-refractivity contribution in [2.75, 3.05) is 0 Å². The van der Waals surface area contributed by atoms with E-state index in [1.165, 1.54) is 0 Å². The molecule has 0 aromatic heterocycles. The summed E-state index contributed by atoms with van der Waals surface area (Å²) in [7, 11) is 0. The topological polar surface area (TPSA) is 43.4 Å². The molecule has 1 atom stereocenters. The van der Waals surface area contributed by atoms with Gasteiger partial charge in [0.15, 0.2) is 0 Å². The molecular formula is C11H8Cl2O3. The van der Waals surface area contributed by atoms with Gasteiger partial charge in [0.1, 0.15) is 0 Å². The van der Waals surface area contributed by atoms with Gasteiger partial charge in [-0.25, -0.2) is 0 Å². The van der Waals surface area contributed by atoms with E-state index < -0.39 is 17.9 Å². The Bertz CT molecular complexity index is 457. The maximum absolute atomic E-state index is 11.3. The van der Waals surface area contributed by atoms with Crippen LogP contribution >= 0.6 is 23.2 Å². The van der Waals surface area contributed by atoms with E-state index in [4.69, 9.17) is 23.2 Å². The van der Waals surface area contributed by atoms with Crippen LogP contribution in [0.1, 0.15) is 12.0 Å². The Morgan fingerprint density at radius 2 is 2.06 bits per heavy atom. The quantitative estimate of drug-likeness (QED) is 0.605. The van der Waals surface area contributed by atoms with Gasteiger partial charge in [0.2, 0.25) is 0 Å². The highest BCUT2D eigenvalue weighted by Crippen LogP contribution is 2.27. The SMILES string of the molecule is O=C1CC(Cc2ccc(Cl)cc2Cl)C(=O)O1. The summed E-state index contributed by atoms with van der Waals surface area (Å²) in [6.45, 7) is 0. The molecule has 0 saturated carbocycles. The molecule has 84 valence electrons. The van der Waals surface area contributed by atoms with Crippen LogP contribution in [0.2, 0.25) is 10.0 Å². The molecule has 0 spiro atoms. The molecule has 2 rings (SSSR count). The van der Waals surface area contributed by atoms with Crippen molar-refractivity contribution in [2.24, 2.45) is 5.92 Å². The molecule has 0 radical (unpaired) electrons. The highest BCUT2D eigenvalue weighted by Gasteiger charge is 2.33. The molecule has 1 fully saturated rings. The van der Waals surface area contributed by atoms with Crippen molar-refractivity contribution in [3.8, 4) is 0 Å². The molecule has 1 unspecified atom stereocenters. The average Bonchev–Trinajstić information content (AvgIpc) is 2.50. The number of esters is 2. The molecule has 0 N–H and O–H groups in total. The number of ether oxygens (including phenoxy) is 1. The van der Waals surface area contributed by atoms with Crippen LogP contribution in [0.5, 0.6) is 0 Å². The van der Waals surface area contributed by atoms with E-state index in [1.807, 2.05) is 0 Å². The summed E-state index contributed by atoms with van der Waals surface area (Å²) >= 11 is 11.7. The summed E-state index contributed by atoms with van der Waals surface area (Å²) in [4.78, 5) is 22.2. The molecule has 1 aliphatic rings. The predicted molar refractivity (Wildman–Crippen MR) is 59.4 cm³/mol. The molecule has 1 heterocycles. The maximum Gasteiger partial charge on any atom is 0.317 e. The van der Waals surface area contributed by atoms with Crippen molar-refractivity contribution in [3.05, 3.63) is 33.8 Å². The maximum atomic E-state index is 11.3. The monoisotopic (exact) mass is 258 g/mol. The normalized spacial score (nSPS) is 20.0. The van der Waals surface area contributed by atoms with Gasteiger partial charge < -0.3 is 4.74 Å². The first-order valence-corrected chi connectivity index (χ1v) is 5.50. The Labute approximate surface area is 102 Å². The lowest BCUT2D eigenvalue weighted by molar-refractivity contribution is -0.153. The van der Waals surface area contributed by atoms with E-state index in [9.17, 15) is 9.59 Å². The zero-order valence-electron chi connectivity index (χ0n) is 8.20. The lowest BCUT2D eigenvalue weighted by Gasteiger charge is -2.06. The van der Waals surface area contributed by atoms with Crippen LogP contribution in [0, 0.1) is 5.92 Å². The van der Waals surface area contributed by atoms with Crippen LogP contribution in [-0.4, -0.2) is 11.9 Å². The third-order valence-corrected chi connectivity index (χ3v) is 3.03.